The van der Waals surface area contributed by atoms with Crippen LogP contribution >= 0.6 is 0 Å². The molecule has 0 spiro atoms. The van der Waals surface area contributed by atoms with Crippen LogP contribution in [0.1, 0.15) is 35.6 Å². The minimum Gasteiger partial charge on any atom is -0.496 e. The van der Waals surface area contributed by atoms with Gasteiger partial charge in [0.05, 0.1) is 13.2 Å². The Balaban J connectivity index is 2.41. The quantitative estimate of drug-likeness (QED) is 0.838. The topological polar surface area (TPSA) is 47.3 Å². The first kappa shape index (κ1) is 12.4. The van der Waals surface area contributed by atoms with E-state index >= 15 is 0 Å². The van der Waals surface area contributed by atoms with Gasteiger partial charge in [-0.2, -0.15) is 0 Å². The van der Waals surface area contributed by atoms with Gasteiger partial charge >= 0.3 is 0 Å². The maximum atomic E-state index is 6.33. The molecule has 1 atom stereocenters. The Kier molecular flexibility index (Phi) is 3.15. The van der Waals surface area contributed by atoms with Gasteiger partial charge < -0.3 is 15.8 Å². The number of benzene rings is 1. The summed E-state index contributed by atoms with van der Waals surface area (Å²) in [7, 11) is 3.69. The van der Waals surface area contributed by atoms with Crippen LogP contribution in [-0.4, -0.2) is 19.7 Å². The lowest BCUT2D eigenvalue weighted by Gasteiger charge is -2.26. The van der Waals surface area contributed by atoms with Gasteiger partial charge in [-0.3, -0.25) is 0 Å². The number of hydrogen-bond donors (Lipinski definition) is 2. The molecule has 1 fully saturated rings. The number of hydrogen-bond acceptors (Lipinski definition) is 3. The normalized spacial score (nSPS) is 18.9. The zero-order valence-electron chi connectivity index (χ0n) is 11.1. The fraction of sp³-hybridized carbons (Fsp3) is 0.571. The molecule has 0 saturated heterocycles. The Morgan fingerprint density at radius 3 is 2.41 bits per heavy atom. The van der Waals surface area contributed by atoms with Crippen molar-refractivity contribution in [3.05, 3.63) is 28.8 Å². The molecular formula is C14H22N2O. The van der Waals surface area contributed by atoms with Gasteiger partial charge in [0.25, 0.3) is 0 Å². The van der Waals surface area contributed by atoms with E-state index in [0.29, 0.717) is 0 Å². The van der Waals surface area contributed by atoms with Gasteiger partial charge in [0.15, 0.2) is 0 Å². The molecule has 1 aliphatic carbocycles. The number of rotatable bonds is 4. The highest BCUT2D eigenvalue weighted by Gasteiger charge is 2.46. The predicted octanol–water partition coefficient (Wildman–Crippen LogP) is 2.06. The lowest BCUT2D eigenvalue weighted by Crippen LogP contribution is -2.38. The standard InChI is InChI=1S/C14H22N2O/c1-9-10(2)12(17-4)6-5-11(9)13(16-3)14(15)7-8-14/h5-6,13,16H,7-8,15H2,1-4H3. The Labute approximate surface area is 103 Å². The average Bonchev–Trinajstić information content (AvgIpc) is 3.04. The van der Waals surface area contributed by atoms with E-state index < -0.39 is 0 Å². The van der Waals surface area contributed by atoms with Crippen molar-refractivity contribution in [3.63, 3.8) is 0 Å². The molecule has 1 unspecified atom stereocenters. The molecule has 1 aromatic rings. The van der Waals surface area contributed by atoms with Crippen molar-refractivity contribution >= 4 is 0 Å². The number of methoxy groups -OCH3 is 1. The second-order valence-electron chi connectivity index (χ2n) is 5.06. The molecule has 94 valence electrons. The second-order valence-corrected chi connectivity index (χ2v) is 5.06. The van der Waals surface area contributed by atoms with E-state index in [0.717, 1.165) is 18.6 Å². The molecule has 2 rings (SSSR count). The van der Waals surface area contributed by atoms with Crippen molar-refractivity contribution in [2.75, 3.05) is 14.2 Å². The van der Waals surface area contributed by atoms with Gasteiger partial charge in [-0.25, -0.2) is 0 Å². The van der Waals surface area contributed by atoms with Gasteiger partial charge in [-0.05, 0) is 56.5 Å². The molecule has 0 bridgehead atoms. The van der Waals surface area contributed by atoms with Crippen LogP contribution in [0.5, 0.6) is 5.75 Å². The van der Waals surface area contributed by atoms with E-state index in [4.69, 9.17) is 10.5 Å². The zero-order chi connectivity index (χ0) is 12.6. The van der Waals surface area contributed by atoms with Crippen molar-refractivity contribution in [1.29, 1.82) is 0 Å². The minimum atomic E-state index is -0.0550. The first-order valence-electron chi connectivity index (χ1n) is 6.13. The van der Waals surface area contributed by atoms with Crippen LogP contribution in [0.15, 0.2) is 12.1 Å². The Morgan fingerprint density at radius 1 is 1.29 bits per heavy atom. The van der Waals surface area contributed by atoms with Crippen LogP contribution in [-0.2, 0) is 0 Å². The van der Waals surface area contributed by atoms with E-state index in [2.05, 4.69) is 25.2 Å². The van der Waals surface area contributed by atoms with Crippen molar-refractivity contribution in [1.82, 2.24) is 5.32 Å². The fourth-order valence-electron chi connectivity index (χ4n) is 2.54. The first-order chi connectivity index (χ1) is 8.03. The van der Waals surface area contributed by atoms with Crippen LogP contribution in [0.3, 0.4) is 0 Å². The Morgan fingerprint density at radius 2 is 1.94 bits per heavy atom. The van der Waals surface area contributed by atoms with Gasteiger partial charge in [0.1, 0.15) is 5.75 Å². The Bertz CT molecular complexity index is 424. The molecule has 3 N–H and O–H groups in total. The van der Waals surface area contributed by atoms with E-state index in [1.807, 2.05) is 13.1 Å². The summed E-state index contributed by atoms with van der Waals surface area (Å²) in [5.41, 5.74) is 10.1. The largest absolute Gasteiger partial charge is 0.496 e. The lowest BCUT2D eigenvalue weighted by atomic mass is 9.91. The van der Waals surface area contributed by atoms with E-state index in [1.165, 1.54) is 16.7 Å². The summed E-state index contributed by atoms with van der Waals surface area (Å²) in [6, 6.07) is 4.41. The van der Waals surface area contributed by atoms with Crippen LogP contribution in [0, 0.1) is 13.8 Å². The van der Waals surface area contributed by atoms with Crippen molar-refractivity contribution in [2.45, 2.75) is 38.3 Å². The highest BCUT2D eigenvalue weighted by Crippen LogP contribution is 2.44. The summed E-state index contributed by atoms with van der Waals surface area (Å²) < 4.78 is 5.34. The number of nitrogens with two attached hydrogens (primary N) is 1. The molecule has 1 aromatic carbocycles. The summed E-state index contributed by atoms with van der Waals surface area (Å²) >= 11 is 0. The molecule has 0 aromatic heterocycles. The van der Waals surface area contributed by atoms with E-state index in [-0.39, 0.29) is 11.6 Å². The third kappa shape index (κ3) is 2.05. The fourth-order valence-corrected chi connectivity index (χ4v) is 2.54. The average molecular weight is 234 g/mol. The van der Waals surface area contributed by atoms with E-state index in [9.17, 15) is 0 Å². The van der Waals surface area contributed by atoms with Crippen molar-refractivity contribution < 1.29 is 4.74 Å². The molecule has 3 nitrogen and oxygen atoms in total. The molecule has 0 amide bonds. The maximum absolute atomic E-state index is 6.33. The number of nitrogens with one attached hydrogen (secondary N) is 1. The summed E-state index contributed by atoms with van der Waals surface area (Å²) in [5, 5.41) is 3.36. The summed E-state index contributed by atoms with van der Waals surface area (Å²) in [6.07, 6.45) is 2.20. The van der Waals surface area contributed by atoms with Gasteiger partial charge in [0.2, 0.25) is 0 Å². The van der Waals surface area contributed by atoms with Crippen LogP contribution in [0.2, 0.25) is 0 Å². The number of likely N-dealkylation sites (N-methyl/N-ethyl adjacent to an activating group) is 1. The molecule has 0 aliphatic heterocycles. The monoisotopic (exact) mass is 234 g/mol. The van der Waals surface area contributed by atoms with Crippen molar-refractivity contribution in [2.24, 2.45) is 5.73 Å². The lowest BCUT2D eigenvalue weighted by molar-refractivity contribution is 0.409. The molecule has 3 heteroatoms. The second kappa shape index (κ2) is 4.31. The van der Waals surface area contributed by atoms with Gasteiger partial charge in [0, 0.05) is 5.54 Å². The molecule has 0 heterocycles. The minimum absolute atomic E-state index is 0.0550. The first-order valence-corrected chi connectivity index (χ1v) is 6.13. The summed E-state index contributed by atoms with van der Waals surface area (Å²) in [6.45, 7) is 4.24. The Hall–Kier alpha value is -1.06. The molecular weight excluding hydrogens is 212 g/mol. The van der Waals surface area contributed by atoms with Crippen LogP contribution in [0.4, 0.5) is 0 Å². The highest BCUT2D eigenvalue weighted by molar-refractivity contribution is 5.46. The third-order valence-electron chi connectivity index (χ3n) is 4.00. The summed E-state index contributed by atoms with van der Waals surface area (Å²) in [5.74, 6) is 0.947. The molecule has 0 radical (unpaired) electrons. The highest BCUT2D eigenvalue weighted by atomic mass is 16.5. The summed E-state index contributed by atoms with van der Waals surface area (Å²) in [4.78, 5) is 0. The van der Waals surface area contributed by atoms with Crippen LogP contribution in [0.25, 0.3) is 0 Å². The van der Waals surface area contributed by atoms with Gasteiger partial charge in [-0.15, -0.1) is 0 Å². The van der Waals surface area contributed by atoms with Gasteiger partial charge in [-0.1, -0.05) is 6.07 Å². The van der Waals surface area contributed by atoms with Crippen LogP contribution < -0.4 is 15.8 Å². The smallest absolute Gasteiger partial charge is 0.122 e. The van der Waals surface area contributed by atoms with Crippen molar-refractivity contribution in [3.8, 4) is 5.75 Å². The SMILES string of the molecule is CNC(c1ccc(OC)c(C)c1C)C1(N)CC1. The molecule has 1 saturated carbocycles. The molecule has 1 aliphatic rings. The molecule has 17 heavy (non-hydrogen) atoms. The van der Waals surface area contributed by atoms with E-state index in [1.54, 1.807) is 7.11 Å². The maximum Gasteiger partial charge on any atom is 0.122 e. The number of ether oxygens (including phenoxy) is 1. The third-order valence-corrected chi connectivity index (χ3v) is 4.00. The predicted molar refractivity (Wildman–Crippen MR) is 70.4 cm³/mol. The zero-order valence-corrected chi connectivity index (χ0v) is 11.1.